The molecule has 1 aromatic rings. The molecule has 6 heteroatoms. The lowest BCUT2D eigenvalue weighted by molar-refractivity contribution is 0.0894. The van der Waals surface area contributed by atoms with Crippen molar-refractivity contribution in [2.24, 2.45) is 5.92 Å². The zero-order chi connectivity index (χ0) is 14.8. The lowest BCUT2D eigenvalue weighted by Crippen LogP contribution is -2.49. The molecule has 1 saturated carbocycles. The third-order valence-electron chi connectivity index (χ3n) is 3.72. The largest absolute Gasteiger partial charge is 0.334 e. The van der Waals surface area contributed by atoms with Crippen LogP contribution < -0.4 is 5.32 Å². The molecule has 0 radical (unpaired) electrons. The molecule has 20 heavy (non-hydrogen) atoms. The van der Waals surface area contributed by atoms with E-state index in [1.165, 1.54) is 12.1 Å². The second kappa shape index (κ2) is 5.99. The van der Waals surface area contributed by atoms with Crippen molar-refractivity contribution in [3.8, 4) is 6.07 Å². The lowest BCUT2D eigenvalue weighted by atomic mass is 9.78. The fraction of sp³-hybridized carbons (Fsp3) is 0.500. The third-order valence-corrected chi connectivity index (χ3v) is 4.11. The summed E-state index contributed by atoms with van der Waals surface area (Å²) in [6.07, 6.45) is 3.21. The molecule has 0 bridgehead atoms. The zero-order valence-corrected chi connectivity index (χ0v) is 12.6. The number of nitriles is 1. The molecule has 1 aliphatic rings. The number of nitrogens with zero attached hydrogens (tertiary/aromatic N) is 2. The summed E-state index contributed by atoms with van der Waals surface area (Å²) in [6, 6.07) is 5.14. The van der Waals surface area contributed by atoms with Gasteiger partial charge in [-0.3, -0.25) is 4.79 Å². The summed E-state index contributed by atoms with van der Waals surface area (Å²) in [5, 5.41) is 12.5. The summed E-state index contributed by atoms with van der Waals surface area (Å²) in [4.78, 5) is 16.1. The number of carbonyl (C=O) groups excluding carboxylic acids is 1. The molecule has 0 saturated heterocycles. The minimum Gasteiger partial charge on any atom is -0.334 e. The molecule has 0 aliphatic heterocycles. The van der Waals surface area contributed by atoms with Crippen molar-refractivity contribution < 1.29 is 4.79 Å². The Labute approximate surface area is 128 Å². The Morgan fingerprint density at radius 1 is 1.40 bits per heavy atom. The van der Waals surface area contributed by atoms with Crippen LogP contribution in [0, 0.1) is 17.2 Å². The summed E-state index contributed by atoms with van der Waals surface area (Å²) in [5.41, 5.74) is -0.463. The first-order chi connectivity index (χ1) is 9.44. The second-order valence-electron chi connectivity index (χ2n) is 5.33. The van der Waals surface area contributed by atoms with Crippen molar-refractivity contribution in [2.75, 3.05) is 0 Å². The van der Waals surface area contributed by atoms with Crippen LogP contribution in [0.5, 0.6) is 0 Å². The highest BCUT2D eigenvalue weighted by Gasteiger charge is 2.36. The molecule has 1 N–H and O–H groups in total. The van der Waals surface area contributed by atoms with E-state index in [4.69, 9.17) is 23.2 Å². The van der Waals surface area contributed by atoms with Crippen LogP contribution in [-0.2, 0) is 0 Å². The molecule has 0 spiro atoms. The van der Waals surface area contributed by atoms with Gasteiger partial charge in [0.15, 0.2) is 0 Å². The molecular weight excluding hydrogens is 297 g/mol. The molecule has 1 amide bonds. The van der Waals surface area contributed by atoms with Crippen LogP contribution in [0.1, 0.15) is 43.0 Å². The SMILES string of the molecule is CC1CCC(C#N)(NC(=O)c2cc(Cl)nc(Cl)c2)CC1. The fourth-order valence-electron chi connectivity index (χ4n) is 2.41. The van der Waals surface area contributed by atoms with Gasteiger partial charge in [-0.1, -0.05) is 30.1 Å². The molecule has 0 unspecified atom stereocenters. The van der Waals surface area contributed by atoms with E-state index in [0.717, 1.165) is 12.8 Å². The van der Waals surface area contributed by atoms with Crippen molar-refractivity contribution >= 4 is 29.1 Å². The maximum atomic E-state index is 12.3. The molecule has 106 valence electrons. The van der Waals surface area contributed by atoms with E-state index in [1.54, 1.807) is 0 Å². The van der Waals surface area contributed by atoms with Gasteiger partial charge in [-0.05, 0) is 43.7 Å². The number of pyridine rings is 1. The standard InChI is InChI=1S/C14H15Cl2N3O/c1-9-2-4-14(8-17,5-3-9)19-13(20)10-6-11(15)18-12(16)7-10/h6-7,9H,2-5H2,1H3,(H,19,20). The van der Waals surface area contributed by atoms with Gasteiger partial charge < -0.3 is 5.32 Å². The Hall–Kier alpha value is -1.31. The third kappa shape index (κ3) is 3.41. The molecule has 4 nitrogen and oxygen atoms in total. The quantitative estimate of drug-likeness (QED) is 0.849. The molecule has 1 heterocycles. The predicted molar refractivity (Wildman–Crippen MR) is 77.7 cm³/mol. The molecule has 0 atom stereocenters. The first-order valence-electron chi connectivity index (χ1n) is 6.51. The number of rotatable bonds is 2. The summed E-state index contributed by atoms with van der Waals surface area (Å²) < 4.78 is 0. The number of hydrogen-bond donors (Lipinski definition) is 1. The Bertz CT molecular complexity index is 540. The van der Waals surface area contributed by atoms with E-state index in [1.807, 2.05) is 0 Å². The maximum absolute atomic E-state index is 12.3. The number of halogens is 2. The van der Waals surface area contributed by atoms with Gasteiger partial charge in [0.05, 0.1) is 6.07 Å². The van der Waals surface area contributed by atoms with Gasteiger partial charge in [0.1, 0.15) is 15.8 Å². The summed E-state index contributed by atoms with van der Waals surface area (Å²) in [6.45, 7) is 2.16. The Morgan fingerprint density at radius 3 is 2.45 bits per heavy atom. The van der Waals surface area contributed by atoms with Crippen molar-refractivity contribution in [1.29, 1.82) is 5.26 Å². The number of hydrogen-bond acceptors (Lipinski definition) is 3. The first-order valence-corrected chi connectivity index (χ1v) is 7.26. The molecular formula is C14H15Cl2N3O. The van der Waals surface area contributed by atoms with Gasteiger partial charge in [-0.25, -0.2) is 4.98 Å². The smallest absolute Gasteiger partial charge is 0.252 e. The zero-order valence-electron chi connectivity index (χ0n) is 11.1. The van der Waals surface area contributed by atoms with Crippen LogP contribution in [0.25, 0.3) is 0 Å². The van der Waals surface area contributed by atoms with Crippen LogP contribution >= 0.6 is 23.2 Å². The van der Waals surface area contributed by atoms with E-state index in [-0.39, 0.29) is 16.2 Å². The highest BCUT2D eigenvalue weighted by Crippen LogP contribution is 2.31. The summed E-state index contributed by atoms with van der Waals surface area (Å²) in [7, 11) is 0. The number of carbonyl (C=O) groups is 1. The van der Waals surface area contributed by atoms with Crippen molar-refractivity contribution in [1.82, 2.24) is 10.3 Å². The monoisotopic (exact) mass is 311 g/mol. The van der Waals surface area contributed by atoms with E-state index in [2.05, 4.69) is 23.3 Å². The Kier molecular flexibility index (Phi) is 4.52. The van der Waals surface area contributed by atoms with Gasteiger partial charge in [-0.2, -0.15) is 5.26 Å². The highest BCUT2D eigenvalue weighted by molar-refractivity contribution is 6.33. The van der Waals surface area contributed by atoms with Crippen molar-refractivity contribution in [3.63, 3.8) is 0 Å². The number of aromatic nitrogens is 1. The van der Waals surface area contributed by atoms with E-state index < -0.39 is 5.54 Å². The van der Waals surface area contributed by atoms with Crippen LogP contribution in [0.2, 0.25) is 10.3 Å². The summed E-state index contributed by atoms with van der Waals surface area (Å²) in [5.74, 6) is 0.255. The maximum Gasteiger partial charge on any atom is 0.252 e. The van der Waals surface area contributed by atoms with Gasteiger partial charge in [-0.15, -0.1) is 0 Å². The second-order valence-corrected chi connectivity index (χ2v) is 6.11. The van der Waals surface area contributed by atoms with Gasteiger partial charge in [0.25, 0.3) is 5.91 Å². The van der Waals surface area contributed by atoms with Crippen LogP contribution in [0.15, 0.2) is 12.1 Å². The topological polar surface area (TPSA) is 65.8 Å². The number of amides is 1. The molecule has 2 rings (SSSR count). The Balaban J connectivity index is 2.16. The normalized spacial score (nSPS) is 25.8. The average Bonchev–Trinajstić information content (AvgIpc) is 2.40. The van der Waals surface area contributed by atoms with Gasteiger partial charge in [0, 0.05) is 5.56 Å². The Morgan fingerprint density at radius 2 is 1.95 bits per heavy atom. The first kappa shape index (κ1) is 15.1. The van der Waals surface area contributed by atoms with Crippen LogP contribution in [0.4, 0.5) is 0 Å². The van der Waals surface area contributed by atoms with E-state index in [9.17, 15) is 10.1 Å². The van der Waals surface area contributed by atoms with E-state index in [0.29, 0.717) is 24.3 Å². The highest BCUT2D eigenvalue weighted by atomic mass is 35.5. The minimum atomic E-state index is -0.786. The number of nitrogens with one attached hydrogen (secondary N) is 1. The molecule has 1 fully saturated rings. The average molecular weight is 312 g/mol. The van der Waals surface area contributed by atoms with Crippen LogP contribution in [0.3, 0.4) is 0 Å². The molecule has 1 aromatic heterocycles. The minimum absolute atomic E-state index is 0.158. The molecule has 1 aliphatic carbocycles. The lowest BCUT2D eigenvalue weighted by Gasteiger charge is -2.34. The predicted octanol–water partition coefficient (Wildman–Crippen LogP) is 3.59. The fourth-order valence-corrected chi connectivity index (χ4v) is 2.87. The summed E-state index contributed by atoms with van der Waals surface area (Å²) >= 11 is 11.6. The van der Waals surface area contributed by atoms with Crippen molar-refractivity contribution in [2.45, 2.75) is 38.1 Å². The van der Waals surface area contributed by atoms with Gasteiger partial charge >= 0.3 is 0 Å². The van der Waals surface area contributed by atoms with Gasteiger partial charge in [0.2, 0.25) is 0 Å². The van der Waals surface area contributed by atoms with Crippen molar-refractivity contribution in [3.05, 3.63) is 28.0 Å². The van der Waals surface area contributed by atoms with E-state index >= 15 is 0 Å². The molecule has 0 aromatic carbocycles. The van der Waals surface area contributed by atoms with Crippen LogP contribution in [-0.4, -0.2) is 16.4 Å².